The first-order chi connectivity index (χ1) is 6.92. The highest BCUT2D eigenvalue weighted by atomic mass is 16.6. The van der Waals surface area contributed by atoms with Crippen LogP contribution in [0.25, 0.3) is 0 Å². The topological polar surface area (TPSA) is 29.5 Å². The number of amides is 1. The Morgan fingerprint density at radius 1 is 1.33 bits per heavy atom. The zero-order valence-corrected chi connectivity index (χ0v) is 11.0. The molecule has 1 rings (SSSR count). The smallest absolute Gasteiger partial charge is 0.410 e. The third kappa shape index (κ3) is 5.05. The van der Waals surface area contributed by atoms with Crippen molar-refractivity contribution >= 4 is 6.09 Å². The summed E-state index contributed by atoms with van der Waals surface area (Å²) in [5.41, 5.74) is -0.367. The van der Waals surface area contributed by atoms with Crippen LogP contribution in [-0.2, 0) is 4.74 Å². The summed E-state index contributed by atoms with van der Waals surface area (Å²) in [6.45, 7) is 13.6. The summed E-state index contributed by atoms with van der Waals surface area (Å²) < 4.78 is 5.22. The SMILES string of the molecule is CC.CCC1CN(C(=O)OC(C)(C)C)C1. The highest BCUT2D eigenvalue weighted by molar-refractivity contribution is 5.69. The van der Waals surface area contributed by atoms with Gasteiger partial charge in [-0.15, -0.1) is 0 Å². The Morgan fingerprint density at radius 3 is 2.13 bits per heavy atom. The van der Waals surface area contributed by atoms with E-state index in [4.69, 9.17) is 4.74 Å². The maximum Gasteiger partial charge on any atom is 0.410 e. The van der Waals surface area contributed by atoms with Crippen molar-refractivity contribution in [1.82, 2.24) is 4.90 Å². The Bertz CT molecular complexity index is 190. The summed E-state index contributed by atoms with van der Waals surface area (Å²) in [4.78, 5) is 13.2. The molecule has 0 aromatic heterocycles. The number of carbonyl (C=O) groups is 1. The molecule has 0 N–H and O–H groups in total. The molecule has 3 heteroatoms. The minimum atomic E-state index is -0.367. The number of hydrogen-bond donors (Lipinski definition) is 0. The zero-order valence-electron chi connectivity index (χ0n) is 11.0. The largest absolute Gasteiger partial charge is 0.444 e. The number of carbonyl (C=O) groups excluding carboxylic acids is 1. The number of nitrogens with zero attached hydrogens (tertiary/aromatic N) is 1. The van der Waals surface area contributed by atoms with Crippen LogP contribution in [0.2, 0.25) is 0 Å². The van der Waals surface area contributed by atoms with Crippen LogP contribution in [0.1, 0.15) is 48.0 Å². The molecule has 0 aromatic rings. The molecule has 1 saturated heterocycles. The normalized spacial score (nSPS) is 16.3. The molecule has 0 aromatic carbocycles. The lowest BCUT2D eigenvalue weighted by molar-refractivity contribution is -0.00139. The Balaban J connectivity index is 0.000000921. The Labute approximate surface area is 93.8 Å². The maximum absolute atomic E-state index is 11.4. The Morgan fingerprint density at radius 2 is 1.80 bits per heavy atom. The molecule has 3 nitrogen and oxygen atoms in total. The second-order valence-corrected chi connectivity index (χ2v) is 4.66. The van der Waals surface area contributed by atoms with Gasteiger partial charge in [0.05, 0.1) is 0 Å². The quantitative estimate of drug-likeness (QED) is 0.671. The van der Waals surface area contributed by atoms with Crippen LogP contribution < -0.4 is 0 Å². The standard InChI is InChI=1S/C10H19NO2.C2H6/c1-5-8-6-11(7-8)9(12)13-10(2,3)4;1-2/h8H,5-7H2,1-4H3;1-2H3. The molecule has 0 unspecified atom stereocenters. The van der Waals surface area contributed by atoms with E-state index in [1.165, 1.54) is 0 Å². The summed E-state index contributed by atoms with van der Waals surface area (Å²) in [7, 11) is 0. The monoisotopic (exact) mass is 215 g/mol. The number of rotatable bonds is 1. The van der Waals surface area contributed by atoms with Crippen molar-refractivity contribution in [3.63, 3.8) is 0 Å². The lowest BCUT2D eigenvalue weighted by Crippen LogP contribution is -2.51. The molecule has 1 amide bonds. The lowest BCUT2D eigenvalue weighted by atomic mass is 9.98. The Kier molecular flexibility index (Phi) is 5.69. The van der Waals surface area contributed by atoms with E-state index in [1.807, 2.05) is 34.6 Å². The van der Waals surface area contributed by atoms with Gasteiger partial charge in [-0.3, -0.25) is 0 Å². The minimum Gasteiger partial charge on any atom is -0.444 e. The average Bonchev–Trinajstić information content (AvgIpc) is 2.02. The van der Waals surface area contributed by atoms with Crippen LogP contribution in [0.4, 0.5) is 4.79 Å². The lowest BCUT2D eigenvalue weighted by Gasteiger charge is -2.39. The van der Waals surface area contributed by atoms with Gasteiger partial charge in [0.2, 0.25) is 0 Å². The van der Waals surface area contributed by atoms with Gasteiger partial charge in [-0.25, -0.2) is 4.79 Å². The van der Waals surface area contributed by atoms with Crippen LogP contribution in [0, 0.1) is 5.92 Å². The van der Waals surface area contributed by atoms with Gasteiger partial charge in [-0.2, -0.15) is 0 Å². The molecule has 1 aliphatic rings. The van der Waals surface area contributed by atoms with Crippen molar-refractivity contribution in [2.45, 2.75) is 53.6 Å². The fourth-order valence-electron chi connectivity index (χ4n) is 1.30. The second-order valence-electron chi connectivity index (χ2n) is 4.66. The van der Waals surface area contributed by atoms with Crippen LogP contribution in [-0.4, -0.2) is 29.7 Å². The van der Waals surface area contributed by atoms with Gasteiger partial charge in [0, 0.05) is 13.1 Å². The fraction of sp³-hybridized carbons (Fsp3) is 0.917. The molecular weight excluding hydrogens is 190 g/mol. The van der Waals surface area contributed by atoms with E-state index in [9.17, 15) is 4.79 Å². The van der Waals surface area contributed by atoms with Gasteiger partial charge in [-0.1, -0.05) is 20.8 Å². The van der Waals surface area contributed by atoms with E-state index >= 15 is 0 Å². The minimum absolute atomic E-state index is 0.169. The van der Waals surface area contributed by atoms with Crippen LogP contribution in [0.3, 0.4) is 0 Å². The molecule has 1 aliphatic heterocycles. The van der Waals surface area contributed by atoms with Crippen LogP contribution in [0.15, 0.2) is 0 Å². The predicted molar refractivity (Wildman–Crippen MR) is 62.9 cm³/mol. The van der Waals surface area contributed by atoms with E-state index in [1.54, 1.807) is 4.90 Å². The predicted octanol–water partition coefficient (Wildman–Crippen LogP) is 3.29. The van der Waals surface area contributed by atoms with Gasteiger partial charge in [0.1, 0.15) is 5.60 Å². The van der Waals surface area contributed by atoms with E-state index < -0.39 is 0 Å². The molecule has 0 saturated carbocycles. The van der Waals surface area contributed by atoms with Crippen LogP contribution in [0.5, 0.6) is 0 Å². The van der Waals surface area contributed by atoms with Gasteiger partial charge >= 0.3 is 6.09 Å². The molecule has 15 heavy (non-hydrogen) atoms. The number of likely N-dealkylation sites (tertiary alicyclic amines) is 1. The first-order valence-electron chi connectivity index (χ1n) is 5.90. The first-order valence-corrected chi connectivity index (χ1v) is 5.90. The van der Waals surface area contributed by atoms with Crippen molar-refractivity contribution in [1.29, 1.82) is 0 Å². The molecule has 1 fully saturated rings. The van der Waals surface area contributed by atoms with E-state index in [2.05, 4.69) is 6.92 Å². The van der Waals surface area contributed by atoms with Crippen molar-refractivity contribution in [2.24, 2.45) is 5.92 Å². The van der Waals surface area contributed by atoms with Gasteiger partial charge in [0.15, 0.2) is 0 Å². The fourth-order valence-corrected chi connectivity index (χ4v) is 1.30. The zero-order chi connectivity index (χ0) is 12.1. The van der Waals surface area contributed by atoms with Gasteiger partial charge in [-0.05, 0) is 33.1 Å². The van der Waals surface area contributed by atoms with E-state index in [0.717, 1.165) is 19.5 Å². The third-order valence-electron chi connectivity index (χ3n) is 2.19. The van der Waals surface area contributed by atoms with Crippen molar-refractivity contribution in [3.05, 3.63) is 0 Å². The van der Waals surface area contributed by atoms with Crippen LogP contribution >= 0.6 is 0 Å². The molecular formula is C12H25NO2. The van der Waals surface area contributed by atoms with E-state index in [-0.39, 0.29) is 11.7 Å². The molecule has 0 radical (unpaired) electrons. The van der Waals surface area contributed by atoms with Crippen molar-refractivity contribution < 1.29 is 9.53 Å². The Hall–Kier alpha value is -0.730. The molecule has 1 heterocycles. The summed E-state index contributed by atoms with van der Waals surface area (Å²) in [5, 5.41) is 0. The highest BCUT2D eigenvalue weighted by Gasteiger charge is 2.32. The molecule has 0 aliphatic carbocycles. The van der Waals surface area contributed by atoms with Crippen molar-refractivity contribution in [3.8, 4) is 0 Å². The number of ether oxygens (including phenoxy) is 1. The van der Waals surface area contributed by atoms with Crippen molar-refractivity contribution in [2.75, 3.05) is 13.1 Å². The highest BCUT2D eigenvalue weighted by Crippen LogP contribution is 2.21. The molecule has 90 valence electrons. The molecule has 0 spiro atoms. The summed E-state index contributed by atoms with van der Waals surface area (Å²) in [6.07, 6.45) is 0.983. The third-order valence-corrected chi connectivity index (χ3v) is 2.19. The second kappa shape index (κ2) is 5.99. The van der Waals surface area contributed by atoms with E-state index in [0.29, 0.717) is 5.92 Å². The summed E-state index contributed by atoms with van der Waals surface area (Å²) >= 11 is 0. The number of hydrogen-bond acceptors (Lipinski definition) is 2. The van der Waals surface area contributed by atoms with Gasteiger partial charge in [0.25, 0.3) is 0 Å². The molecule has 0 atom stereocenters. The first kappa shape index (κ1) is 14.3. The molecule has 0 bridgehead atoms. The average molecular weight is 215 g/mol. The summed E-state index contributed by atoms with van der Waals surface area (Å²) in [5.74, 6) is 0.688. The maximum atomic E-state index is 11.4. The summed E-state index contributed by atoms with van der Waals surface area (Å²) in [6, 6.07) is 0. The van der Waals surface area contributed by atoms with Gasteiger partial charge < -0.3 is 9.64 Å².